The number of rotatable bonds is 5. The molecular formula is C15H17N5O2. The minimum absolute atomic E-state index is 0.0921. The molecule has 0 unspecified atom stereocenters. The van der Waals surface area contributed by atoms with E-state index in [1.165, 1.54) is 6.20 Å². The fourth-order valence-electron chi connectivity index (χ4n) is 2.59. The van der Waals surface area contributed by atoms with E-state index in [1.807, 2.05) is 30.3 Å². The summed E-state index contributed by atoms with van der Waals surface area (Å²) in [6.45, 7) is 0. The van der Waals surface area contributed by atoms with Gasteiger partial charge in [-0.2, -0.15) is 4.98 Å². The molecule has 1 aliphatic rings. The first-order chi connectivity index (χ1) is 10.7. The van der Waals surface area contributed by atoms with Gasteiger partial charge >= 0.3 is 5.69 Å². The summed E-state index contributed by atoms with van der Waals surface area (Å²) in [6, 6.07) is 9.72. The van der Waals surface area contributed by atoms with Crippen LogP contribution in [-0.2, 0) is 0 Å². The van der Waals surface area contributed by atoms with Gasteiger partial charge in [-0.1, -0.05) is 31.0 Å². The first-order valence-electron chi connectivity index (χ1n) is 7.32. The molecule has 1 aromatic heterocycles. The van der Waals surface area contributed by atoms with Crippen molar-refractivity contribution in [1.29, 1.82) is 0 Å². The summed E-state index contributed by atoms with van der Waals surface area (Å²) in [5.41, 5.74) is 0.744. The van der Waals surface area contributed by atoms with Crippen LogP contribution in [0.25, 0.3) is 0 Å². The van der Waals surface area contributed by atoms with Crippen molar-refractivity contribution >= 4 is 23.1 Å². The molecule has 22 heavy (non-hydrogen) atoms. The topological polar surface area (TPSA) is 93.0 Å². The zero-order chi connectivity index (χ0) is 15.4. The van der Waals surface area contributed by atoms with Crippen LogP contribution in [0.15, 0.2) is 36.5 Å². The predicted molar refractivity (Wildman–Crippen MR) is 84.3 cm³/mol. The molecule has 7 nitrogen and oxygen atoms in total. The Hall–Kier alpha value is -2.70. The number of nitrogens with one attached hydrogen (secondary N) is 2. The number of benzene rings is 1. The van der Waals surface area contributed by atoms with Gasteiger partial charge in [0.1, 0.15) is 6.20 Å². The number of nitrogens with zero attached hydrogens (tertiary/aromatic N) is 3. The Morgan fingerprint density at radius 2 is 1.91 bits per heavy atom. The van der Waals surface area contributed by atoms with Gasteiger partial charge in [0.15, 0.2) is 0 Å². The van der Waals surface area contributed by atoms with Crippen molar-refractivity contribution in [2.45, 2.75) is 31.7 Å². The fraction of sp³-hybridized carbons (Fsp3) is 0.333. The monoisotopic (exact) mass is 299 g/mol. The van der Waals surface area contributed by atoms with E-state index in [-0.39, 0.29) is 17.5 Å². The molecule has 0 aliphatic heterocycles. The molecule has 0 spiro atoms. The summed E-state index contributed by atoms with van der Waals surface area (Å²) in [5.74, 6) is 0.627. The molecule has 114 valence electrons. The standard InChI is InChI=1S/C15H17N5O2/c21-20(22)13-10-16-15(18-12-6-2-1-3-7-12)19-14(13)17-11-8-4-5-9-11/h1-3,6-7,10-11H,4-5,8-9H2,(H2,16,17,18,19). The summed E-state index contributed by atoms with van der Waals surface area (Å²) < 4.78 is 0. The molecular weight excluding hydrogens is 282 g/mol. The zero-order valence-corrected chi connectivity index (χ0v) is 12.0. The molecule has 1 saturated carbocycles. The summed E-state index contributed by atoms with van der Waals surface area (Å²) in [7, 11) is 0. The van der Waals surface area contributed by atoms with Crippen LogP contribution in [0.4, 0.5) is 23.1 Å². The highest BCUT2D eigenvalue weighted by molar-refractivity contribution is 5.60. The molecule has 2 aromatic rings. The summed E-state index contributed by atoms with van der Waals surface area (Å²) in [5, 5.41) is 17.4. The van der Waals surface area contributed by atoms with Crippen molar-refractivity contribution in [2.75, 3.05) is 10.6 Å². The van der Waals surface area contributed by atoms with Crippen molar-refractivity contribution in [1.82, 2.24) is 9.97 Å². The van der Waals surface area contributed by atoms with Gasteiger partial charge in [-0.15, -0.1) is 0 Å². The van der Waals surface area contributed by atoms with Crippen LogP contribution < -0.4 is 10.6 Å². The summed E-state index contributed by atoms with van der Waals surface area (Å²) in [6.07, 6.45) is 5.57. The number of hydrogen-bond donors (Lipinski definition) is 2. The Bertz CT molecular complexity index is 656. The van der Waals surface area contributed by atoms with Crippen molar-refractivity contribution < 1.29 is 4.92 Å². The molecule has 0 bridgehead atoms. The van der Waals surface area contributed by atoms with Crippen LogP contribution in [0.1, 0.15) is 25.7 Å². The highest BCUT2D eigenvalue weighted by Crippen LogP contribution is 2.28. The first-order valence-corrected chi connectivity index (χ1v) is 7.32. The Kier molecular flexibility index (Phi) is 4.13. The first kappa shape index (κ1) is 14.2. The average molecular weight is 299 g/mol. The number of nitro groups is 1. The zero-order valence-electron chi connectivity index (χ0n) is 12.0. The minimum atomic E-state index is -0.455. The van der Waals surface area contributed by atoms with Crippen LogP contribution in [0, 0.1) is 10.1 Å². The number of para-hydroxylation sites is 1. The third-order valence-electron chi connectivity index (χ3n) is 3.69. The largest absolute Gasteiger partial charge is 0.361 e. The Morgan fingerprint density at radius 1 is 1.18 bits per heavy atom. The van der Waals surface area contributed by atoms with Crippen molar-refractivity contribution in [2.24, 2.45) is 0 Å². The van der Waals surface area contributed by atoms with Crippen molar-refractivity contribution in [3.63, 3.8) is 0 Å². The molecule has 0 amide bonds. The predicted octanol–water partition coefficient (Wildman–Crippen LogP) is 3.48. The second-order valence-corrected chi connectivity index (χ2v) is 5.30. The van der Waals surface area contributed by atoms with Crippen LogP contribution in [0.3, 0.4) is 0 Å². The minimum Gasteiger partial charge on any atom is -0.361 e. The molecule has 1 fully saturated rings. The second-order valence-electron chi connectivity index (χ2n) is 5.30. The Morgan fingerprint density at radius 3 is 2.59 bits per heavy atom. The van der Waals surface area contributed by atoms with Gasteiger partial charge in [-0.05, 0) is 25.0 Å². The van der Waals surface area contributed by atoms with Gasteiger partial charge < -0.3 is 10.6 Å². The maximum atomic E-state index is 11.1. The van der Waals surface area contributed by atoms with Gasteiger partial charge in [-0.25, -0.2) is 4.98 Å². The van der Waals surface area contributed by atoms with Crippen molar-refractivity contribution in [3.8, 4) is 0 Å². The van der Waals surface area contributed by atoms with E-state index in [9.17, 15) is 10.1 Å². The molecule has 0 atom stereocenters. The lowest BCUT2D eigenvalue weighted by Gasteiger charge is -2.13. The average Bonchev–Trinajstić information content (AvgIpc) is 3.01. The molecule has 0 saturated heterocycles. The maximum absolute atomic E-state index is 11.1. The van der Waals surface area contributed by atoms with E-state index in [1.54, 1.807) is 0 Å². The van der Waals surface area contributed by atoms with E-state index in [2.05, 4.69) is 20.6 Å². The van der Waals surface area contributed by atoms with Crippen LogP contribution in [0.5, 0.6) is 0 Å². The molecule has 2 N–H and O–H groups in total. The van der Waals surface area contributed by atoms with E-state index < -0.39 is 4.92 Å². The highest BCUT2D eigenvalue weighted by Gasteiger charge is 2.22. The van der Waals surface area contributed by atoms with Gasteiger partial charge in [0.25, 0.3) is 0 Å². The van der Waals surface area contributed by atoms with Gasteiger partial charge in [0.05, 0.1) is 4.92 Å². The van der Waals surface area contributed by atoms with Gasteiger partial charge in [-0.3, -0.25) is 10.1 Å². The van der Waals surface area contributed by atoms with Gasteiger partial charge in [0, 0.05) is 11.7 Å². The highest BCUT2D eigenvalue weighted by atomic mass is 16.6. The van der Waals surface area contributed by atoms with Crippen LogP contribution in [-0.4, -0.2) is 20.9 Å². The molecule has 1 aliphatic carbocycles. The third-order valence-corrected chi connectivity index (χ3v) is 3.69. The molecule has 1 heterocycles. The Labute approximate surface area is 127 Å². The molecule has 7 heteroatoms. The summed E-state index contributed by atoms with van der Waals surface area (Å²) in [4.78, 5) is 19.0. The molecule has 1 aromatic carbocycles. The van der Waals surface area contributed by atoms with E-state index >= 15 is 0 Å². The number of hydrogen-bond acceptors (Lipinski definition) is 6. The second kappa shape index (κ2) is 6.38. The lowest BCUT2D eigenvalue weighted by molar-refractivity contribution is -0.384. The molecule has 0 radical (unpaired) electrons. The maximum Gasteiger partial charge on any atom is 0.329 e. The lowest BCUT2D eigenvalue weighted by Crippen LogP contribution is -2.17. The van der Waals surface area contributed by atoms with E-state index in [0.29, 0.717) is 5.95 Å². The van der Waals surface area contributed by atoms with E-state index in [4.69, 9.17) is 0 Å². The molecule has 3 rings (SSSR count). The smallest absolute Gasteiger partial charge is 0.329 e. The quantitative estimate of drug-likeness (QED) is 0.648. The van der Waals surface area contributed by atoms with Gasteiger partial charge in [0.2, 0.25) is 11.8 Å². The number of aromatic nitrogens is 2. The number of anilines is 3. The van der Waals surface area contributed by atoms with Crippen molar-refractivity contribution in [3.05, 3.63) is 46.6 Å². The lowest BCUT2D eigenvalue weighted by atomic mass is 10.2. The third kappa shape index (κ3) is 3.30. The normalized spacial score (nSPS) is 14.7. The summed E-state index contributed by atoms with van der Waals surface area (Å²) >= 11 is 0. The van der Waals surface area contributed by atoms with E-state index in [0.717, 1.165) is 31.4 Å². The van der Waals surface area contributed by atoms with Crippen LogP contribution >= 0.6 is 0 Å². The fourth-order valence-corrected chi connectivity index (χ4v) is 2.59. The van der Waals surface area contributed by atoms with Crippen LogP contribution in [0.2, 0.25) is 0 Å². The SMILES string of the molecule is O=[N+]([O-])c1cnc(Nc2ccccc2)nc1NC1CCCC1. The Balaban J connectivity index is 1.84.